The van der Waals surface area contributed by atoms with Gasteiger partial charge < -0.3 is 11.1 Å². The highest BCUT2D eigenvalue weighted by molar-refractivity contribution is 6.31. The molecule has 1 aromatic carbocycles. The molecule has 1 rings (SSSR count). The fraction of sp³-hybridized carbons (Fsp3) is 0.364. The van der Waals surface area contributed by atoms with Gasteiger partial charge in [0.2, 0.25) is 5.91 Å². The van der Waals surface area contributed by atoms with Crippen molar-refractivity contribution in [1.29, 1.82) is 0 Å². The molecule has 0 saturated heterocycles. The molecule has 5 heteroatoms. The molecule has 16 heavy (non-hydrogen) atoms. The Hall–Kier alpha value is -1.13. The van der Waals surface area contributed by atoms with Crippen LogP contribution in [0.4, 0.5) is 4.39 Å². The molecule has 0 bridgehead atoms. The van der Waals surface area contributed by atoms with Gasteiger partial charge in [0.15, 0.2) is 0 Å². The number of benzene rings is 1. The molecule has 0 radical (unpaired) electrons. The summed E-state index contributed by atoms with van der Waals surface area (Å²) in [5.74, 6) is -0.757. The Kier molecular flexibility index (Phi) is 4.71. The Morgan fingerprint density at radius 1 is 1.62 bits per heavy atom. The van der Waals surface area contributed by atoms with Crippen molar-refractivity contribution in [2.45, 2.75) is 19.4 Å². The van der Waals surface area contributed by atoms with Crippen LogP contribution in [0, 0.1) is 5.82 Å². The lowest BCUT2D eigenvalue weighted by Gasteiger charge is -2.09. The second-order valence-corrected chi connectivity index (χ2v) is 4.07. The molecule has 1 aromatic rings. The summed E-state index contributed by atoms with van der Waals surface area (Å²) in [6.45, 7) is 2.14. The minimum atomic E-state index is -0.469. The zero-order valence-electron chi connectivity index (χ0n) is 8.97. The van der Waals surface area contributed by atoms with Crippen LogP contribution in [0.25, 0.3) is 0 Å². The van der Waals surface area contributed by atoms with Crippen molar-refractivity contribution in [3.05, 3.63) is 34.6 Å². The van der Waals surface area contributed by atoms with Crippen molar-refractivity contribution in [1.82, 2.24) is 5.32 Å². The van der Waals surface area contributed by atoms with Crippen LogP contribution in [0.2, 0.25) is 5.02 Å². The van der Waals surface area contributed by atoms with Crippen LogP contribution in [0.1, 0.15) is 12.5 Å². The molecule has 0 heterocycles. The first-order chi connectivity index (χ1) is 7.50. The zero-order chi connectivity index (χ0) is 12.1. The van der Waals surface area contributed by atoms with Gasteiger partial charge in [-0.2, -0.15) is 0 Å². The van der Waals surface area contributed by atoms with Crippen LogP contribution in [0.5, 0.6) is 0 Å². The van der Waals surface area contributed by atoms with Gasteiger partial charge in [0.05, 0.1) is 6.42 Å². The van der Waals surface area contributed by atoms with Crippen LogP contribution >= 0.6 is 11.6 Å². The van der Waals surface area contributed by atoms with Crippen molar-refractivity contribution in [3.8, 4) is 0 Å². The first-order valence-electron chi connectivity index (χ1n) is 4.96. The average molecular weight is 245 g/mol. The maximum absolute atomic E-state index is 13.3. The molecule has 3 nitrogen and oxygen atoms in total. The van der Waals surface area contributed by atoms with E-state index in [1.165, 1.54) is 12.1 Å². The van der Waals surface area contributed by atoms with Gasteiger partial charge in [-0.3, -0.25) is 4.79 Å². The van der Waals surface area contributed by atoms with E-state index in [1.54, 1.807) is 13.0 Å². The molecule has 0 aromatic heterocycles. The number of hydrogen-bond donors (Lipinski definition) is 2. The van der Waals surface area contributed by atoms with Crippen molar-refractivity contribution in [3.63, 3.8) is 0 Å². The lowest BCUT2D eigenvalue weighted by atomic mass is 10.1. The predicted octanol–water partition coefficient (Wildman–Crippen LogP) is 1.48. The highest BCUT2D eigenvalue weighted by atomic mass is 35.5. The van der Waals surface area contributed by atoms with Gasteiger partial charge in [-0.15, -0.1) is 0 Å². The summed E-state index contributed by atoms with van der Waals surface area (Å²) in [4.78, 5) is 11.4. The van der Waals surface area contributed by atoms with Gasteiger partial charge in [-0.1, -0.05) is 17.7 Å². The van der Waals surface area contributed by atoms with E-state index < -0.39 is 5.82 Å². The SMILES string of the molecule is CC(N)CNC(=O)Cc1c(F)cccc1Cl. The predicted molar refractivity (Wildman–Crippen MR) is 61.8 cm³/mol. The molecular formula is C11H14ClFN2O. The Morgan fingerprint density at radius 3 is 2.88 bits per heavy atom. The number of hydrogen-bond acceptors (Lipinski definition) is 2. The van der Waals surface area contributed by atoms with Gasteiger partial charge in [-0.05, 0) is 19.1 Å². The summed E-state index contributed by atoms with van der Waals surface area (Å²) in [6, 6.07) is 4.21. The number of halogens is 2. The normalized spacial score (nSPS) is 12.2. The van der Waals surface area contributed by atoms with E-state index in [0.717, 1.165) is 0 Å². The smallest absolute Gasteiger partial charge is 0.224 e. The van der Waals surface area contributed by atoms with Crippen LogP contribution < -0.4 is 11.1 Å². The van der Waals surface area contributed by atoms with Gasteiger partial charge >= 0.3 is 0 Å². The quantitative estimate of drug-likeness (QED) is 0.843. The van der Waals surface area contributed by atoms with E-state index in [4.69, 9.17) is 17.3 Å². The highest BCUT2D eigenvalue weighted by Gasteiger charge is 2.11. The van der Waals surface area contributed by atoms with E-state index >= 15 is 0 Å². The third-order valence-electron chi connectivity index (χ3n) is 2.02. The van der Waals surface area contributed by atoms with Crippen LogP contribution in [-0.2, 0) is 11.2 Å². The van der Waals surface area contributed by atoms with E-state index in [2.05, 4.69) is 5.32 Å². The summed E-state index contributed by atoms with van der Waals surface area (Å²) >= 11 is 5.79. The molecule has 0 aliphatic heterocycles. The van der Waals surface area contributed by atoms with Crippen LogP contribution in [-0.4, -0.2) is 18.5 Å². The minimum Gasteiger partial charge on any atom is -0.354 e. The molecule has 3 N–H and O–H groups in total. The van der Waals surface area contributed by atoms with Gasteiger partial charge in [0.1, 0.15) is 5.82 Å². The van der Waals surface area contributed by atoms with Crippen molar-refractivity contribution in [2.24, 2.45) is 5.73 Å². The molecule has 0 spiro atoms. The minimum absolute atomic E-state index is 0.0712. The third kappa shape index (κ3) is 3.79. The Balaban J connectivity index is 2.63. The molecule has 0 fully saturated rings. The molecule has 1 amide bonds. The Bertz CT molecular complexity index is 362. The molecular weight excluding hydrogens is 231 g/mol. The fourth-order valence-corrected chi connectivity index (χ4v) is 1.43. The fourth-order valence-electron chi connectivity index (χ4n) is 1.20. The summed E-state index contributed by atoms with van der Waals surface area (Å²) in [5, 5.41) is 2.86. The van der Waals surface area contributed by atoms with E-state index in [1.807, 2.05) is 0 Å². The van der Waals surface area contributed by atoms with E-state index in [9.17, 15) is 9.18 Å². The van der Waals surface area contributed by atoms with Crippen LogP contribution in [0.15, 0.2) is 18.2 Å². The molecule has 0 aliphatic rings. The lowest BCUT2D eigenvalue weighted by Crippen LogP contribution is -2.36. The second-order valence-electron chi connectivity index (χ2n) is 3.66. The number of carbonyl (C=O) groups is 1. The summed E-state index contributed by atoms with van der Waals surface area (Å²) in [5.41, 5.74) is 5.69. The topological polar surface area (TPSA) is 55.1 Å². The lowest BCUT2D eigenvalue weighted by molar-refractivity contribution is -0.120. The maximum atomic E-state index is 13.3. The van der Waals surface area contributed by atoms with Gasteiger partial charge in [0, 0.05) is 23.2 Å². The highest BCUT2D eigenvalue weighted by Crippen LogP contribution is 2.19. The summed E-state index contributed by atoms with van der Waals surface area (Å²) < 4.78 is 13.3. The summed E-state index contributed by atoms with van der Waals surface area (Å²) in [6.07, 6.45) is -0.0712. The molecule has 88 valence electrons. The molecule has 1 atom stereocenters. The molecule has 0 saturated carbocycles. The largest absolute Gasteiger partial charge is 0.354 e. The van der Waals surface area contributed by atoms with Crippen molar-refractivity contribution >= 4 is 17.5 Å². The van der Waals surface area contributed by atoms with Crippen molar-refractivity contribution in [2.75, 3.05) is 6.54 Å². The second kappa shape index (κ2) is 5.82. The van der Waals surface area contributed by atoms with Gasteiger partial charge in [0.25, 0.3) is 0 Å². The van der Waals surface area contributed by atoms with Crippen molar-refractivity contribution < 1.29 is 9.18 Å². The first kappa shape index (κ1) is 12.9. The monoisotopic (exact) mass is 244 g/mol. The Labute approximate surface area is 98.8 Å². The van der Waals surface area contributed by atoms with Crippen LogP contribution in [0.3, 0.4) is 0 Å². The molecule has 1 unspecified atom stereocenters. The number of carbonyl (C=O) groups excluding carboxylic acids is 1. The van der Waals surface area contributed by atoms with E-state index in [-0.39, 0.29) is 29.0 Å². The Morgan fingerprint density at radius 2 is 2.31 bits per heavy atom. The average Bonchev–Trinajstić information content (AvgIpc) is 2.21. The number of rotatable bonds is 4. The standard InChI is InChI=1S/C11H14ClFN2O/c1-7(14)6-15-11(16)5-8-9(12)3-2-4-10(8)13/h2-4,7H,5-6,14H2,1H3,(H,15,16). The third-order valence-corrected chi connectivity index (χ3v) is 2.37. The molecule has 0 aliphatic carbocycles. The summed E-state index contributed by atoms with van der Waals surface area (Å²) in [7, 11) is 0. The maximum Gasteiger partial charge on any atom is 0.224 e. The zero-order valence-corrected chi connectivity index (χ0v) is 9.72. The number of nitrogens with one attached hydrogen (secondary N) is 1. The first-order valence-corrected chi connectivity index (χ1v) is 5.33. The van der Waals surface area contributed by atoms with E-state index in [0.29, 0.717) is 6.54 Å². The van der Waals surface area contributed by atoms with Gasteiger partial charge in [-0.25, -0.2) is 4.39 Å². The number of nitrogens with two attached hydrogens (primary N) is 1. The number of amides is 1.